The molecule has 0 aromatic rings. The Morgan fingerprint density at radius 2 is 1.34 bits per heavy atom. The lowest BCUT2D eigenvalue weighted by atomic mass is 9.90. The van der Waals surface area contributed by atoms with E-state index in [1.165, 1.54) is 70.6 Å². The van der Waals surface area contributed by atoms with Gasteiger partial charge in [-0.3, -0.25) is 9.59 Å². The summed E-state index contributed by atoms with van der Waals surface area (Å²) in [6.45, 7) is 3.16. The standard InChI is InChI=1S/C25H44O4/c1-2-3-4-5-6-7-8-9-10-11-12-16-21-28-24(26)19-20-25(27)29-22-23-17-14-13-15-18-23/h11-12,23H,2-10,13-22H2,1H3/b12-11+. The largest absolute Gasteiger partial charge is 0.465 e. The summed E-state index contributed by atoms with van der Waals surface area (Å²) in [5.41, 5.74) is 0. The van der Waals surface area contributed by atoms with Gasteiger partial charge in [-0.2, -0.15) is 0 Å². The summed E-state index contributed by atoms with van der Waals surface area (Å²) in [4.78, 5) is 23.4. The van der Waals surface area contributed by atoms with Crippen molar-refractivity contribution in [2.45, 2.75) is 116 Å². The van der Waals surface area contributed by atoms with Gasteiger partial charge in [-0.05, 0) is 38.0 Å². The Morgan fingerprint density at radius 3 is 2.03 bits per heavy atom. The second-order valence-corrected chi connectivity index (χ2v) is 8.43. The van der Waals surface area contributed by atoms with Crippen LogP contribution in [0.25, 0.3) is 0 Å². The van der Waals surface area contributed by atoms with Crippen LogP contribution in [0.3, 0.4) is 0 Å². The van der Waals surface area contributed by atoms with Gasteiger partial charge < -0.3 is 9.47 Å². The summed E-state index contributed by atoms with van der Waals surface area (Å²) in [5.74, 6) is -0.0777. The first-order valence-corrected chi connectivity index (χ1v) is 12.2. The molecule has 4 nitrogen and oxygen atoms in total. The van der Waals surface area contributed by atoms with Crippen LogP contribution in [0.4, 0.5) is 0 Å². The van der Waals surface area contributed by atoms with E-state index in [0.29, 0.717) is 19.1 Å². The molecular weight excluding hydrogens is 364 g/mol. The summed E-state index contributed by atoms with van der Waals surface area (Å²) in [6.07, 6.45) is 23.2. The molecule has 1 fully saturated rings. The van der Waals surface area contributed by atoms with E-state index in [9.17, 15) is 9.59 Å². The Hall–Kier alpha value is -1.32. The molecule has 1 rings (SSSR count). The molecule has 0 heterocycles. The number of esters is 2. The fraction of sp³-hybridized carbons (Fsp3) is 0.840. The smallest absolute Gasteiger partial charge is 0.306 e. The zero-order valence-electron chi connectivity index (χ0n) is 18.8. The highest BCUT2D eigenvalue weighted by atomic mass is 16.5. The van der Waals surface area contributed by atoms with Gasteiger partial charge >= 0.3 is 11.9 Å². The molecule has 0 amide bonds. The summed E-state index contributed by atoms with van der Waals surface area (Å²) < 4.78 is 10.5. The van der Waals surface area contributed by atoms with Gasteiger partial charge in [0.15, 0.2) is 0 Å². The molecule has 1 aliphatic carbocycles. The molecule has 0 aliphatic heterocycles. The fourth-order valence-corrected chi connectivity index (χ4v) is 3.79. The maximum atomic E-state index is 11.7. The van der Waals surface area contributed by atoms with Crippen molar-refractivity contribution in [3.8, 4) is 0 Å². The molecule has 4 heteroatoms. The van der Waals surface area contributed by atoms with Crippen molar-refractivity contribution >= 4 is 11.9 Å². The van der Waals surface area contributed by atoms with E-state index in [0.717, 1.165) is 25.7 Å². The van der Waals surface area contributed by atoms with Crippen LogP contribution < -0.4 is 0 Å². The van der Waals surface area contributed by atoms with Crippen molar-refractivity contribution in [2.75, 3.05) is 13.2 Å². The summed E-state index contributed by atoms with van der Waals surface area (Å²) in [5, 5.41) is 0. The van der Waals surface area contributed by atoms with Crippen molar-refractivity contribution < 1.29 is 19.1 Å². The zero-order chi connectivity index (χ0) is 21.0. The van der Waals surface area contributed by atoms with Gasteiger partial charge in [-0.1, -0.05) is 83.3 Å². The van der Waals surface area contributed by atoms with Crippen molar-refractivity contribution in [2.24, 2.45) is 5.92 Å². The number of unbranched alkanes of at least 4 members (excludes halogenated alkanes) is 8. The average Bonchev–Trinajstić information content (AvgIpc) is 2.74. The van der Waals surface area contributed by atoms with Gasteiger partial charge in [0.2, 0.25) is 0 Å². The van der Waals surface area contributed by atoms with E-state index < -0.39 is 0 Å². The monoisotopic (exact) mass is 408 g/mol. The normalized spacial score (nSPS) is 14.9. The molecule has 0 aromatic heterocycles. The lowest BCUT2D eigenvalue weighted by molar-refractivity contribution is -0.151. The van der Waals surface area contributed by atoms with E-state index in [1.54, 1.807) is 0 Å². The number of carbonyl (C=O) groups is 2. The van der Waals surface area contributed by atoms with E-state index in [1.807, 2.05) is 0 Å². The van der Waals surface area contributed by atoms with Crippen LogP contribution in [0.5, 0.6) is 0 Å². The second kappa shape index (κ2) is 18.7. The maximum absolute atomic E-state index is 11.7. The van der Waals surface area contributed by atoms with Crippen LogP contribution >= 0.6 is 0 Å². The minimum absolute atomic E-state index is 0.117. The van der Waals surface area contributed by atoms with Crippen molar-refractivity contribution in [1.29, 1.82) is 0 Å². The minimum atomic E-state index is -0.309. The maximum Gasteiger partial charge on any atom is 0.306 e. The summed E-state index contributed by atoms with van der Waals surface area (Å²) in [7, 11) is 0. The lowest BCUT2D eigenvalue weighted by Gasteiger charge is -2.20. The van der Waals surface area contributed by atoms with Crippen LogP contribution in [0, 0.1) is 5.92 Å². The average molecular weight is 409 g/mol. The molecule has 0 bridgehead atoms. The Bertz CT molecular complexity index is 438. The van der Waals surface area contributed by atoms with E-state index >= 15 is 0 Å². The predicted octanol–water partition coefficient (Wildman–Crippen LogP) is 6.91. The molecular formula is C25H44O4. The van der Waals surface area contributed by atoms with Crippen LogP contribution in [0.15, 0.2) is 12.2 Å². The molecule has 0 unspecified atom stereocenters. The third kappa shape index (κ3) is 16.2. The van der Waals surface area contributed by atoms with Gasteiger partial charge in [0.1, 0.15) is 0 Å². The highest BCUT2D eigenvalue weighted by Gasteiger charge is 2.16. The van der Waals surface area contributed by atoms with Crippen molar-refractivity contribution in [3.63, 3.8) is 0 Å². The quantitative estimate of drug-likeness (QED) is 0.149. The SMILES string of the molecule is CCCCCCCCCC/C=C/CCOC(=O)CCC(=O)OCC1CCCCC1. The molecule has 0 radical (unpaired) electrons. The second-order valence-electron chi connectivity index (χ2n) is 8.43. The predicted molar refractivity (Wildman–Crippen MR) is 119 cm³/mol. The number of rotatable bonds is 17. The van der Waals surface area contributed by atoms with Crippen LogP contribution in [-0.2, 0) is 19.1 Å². The molecule has 0 aromatic carbocycles. The van der Waals surface area contributed by atoms with E-state index in [-0.39, 0.29) is 24.8 Å². The van der Waals surface area contributed by atoms with Crippen molar-refractivity contribution in [3.05, 3.63) is 12.2 Å². The first-order chi connectivity index (χ1) is 14.2. The van der Waals surface area contributed by atoms with Crippen LogP contribution in [-0.4, -0.2) is 25.2 Å². The fourth-order valence-electron chi connectivity index (χ4n) is 3.79. The van der Waals surface area contributed by atoms with Crippen molar-refractivity contribution in [1.82, 2.24) is 0 Å². The third-order valence-corrected chi connectivity index (χ3v) is 5.68. The highest BCUT2D eigenvalue weighted by Crippen LogP contribution is 2.23. The minimum Gasteiger partial charge on any atom is -0.465 e. The number of allylic oxidation sites excluding steroid dienone is 1. The molecule has 0 N–H and O–H groups in total. The number of ether oxygens (including phenoxy) is 2. The molecule has 29 heavy (non-hydrogen) atoms. The third-order valence-electron chi connectivity index (χ3n) is 5.68. The molecule has 1 saturated carbocycles. The molecule has 0 saturated heterocycles. The van der Waals surface area contributed by atoms with E-state index in [2.05, 4.69) is 19.1 Å². The summed E-state index contributed by atoms with van der Waals surface area (Å²) >= 11 is 0. The Labute approximate surface area is 178 Å². The Morgan fingerprint density at radius 1 is 0.759 bits per heavy atom. The van der Waals surface area contributed by atoms with Gasteiger partial charge in [0, 0.05) is 0 Å². The number of hydrogen-bond acceptors (Lipinski definition) is 4. The summed E-state index contributed by atoms with van der Waals surface area (Å²) in [6, 6.07) is 0. The zero-order valence-corrected chi connectivity index (χ0v) is 18.8. The lowest BCUT2D eigenvalue weighted by Crippen LogP contribution is -2.17. The molecule has 0 atom stereocenters. The first kappa shape index (κ1) is 25.7. The van der Waals surface area contributed by atoms with Gasteiger partial charge in [0.25, 0.3) is 0 Å². The van der Waals surface area contributed by atoms with Crippen LogP contribution in [0.1, 0.15) is 116 Å². The first-order valence-electron chi connectivity index (χ1n) is 12.2. The van der Waals surface area contributed by atoms with Gasteiger partial charge in [-0.25, -0.2) is 0 Å². The molecule has 168 valence electrons. The van der Waals surface area contributed by atoms with Crippen LogP contribution in [0.2, 0.25) is 0 Å². The number of hydrogen-bond donors (Lipinski definition) is 0. The Balaban J connectivity index is 1.86. The van der Waals surface area contributed by atoms with Gasteiger partial charge in [-0.15, -0.1) is 0 Å². The molecule has 1 aliphatic rings. The molecule has 0 spiro atoms. The number of carbonyl (C=O) groups excluding carboxylic acids is 2. The van der Waals surface area contributed by atoms with Gasteiger partial charge in [0.05, 0.1) is 26.1 Å². The Kier molecular flexibility index (Phi) is 16.6. The van der Waals surface area contributed by atoms with E-state index in [4.69, 9.17) is 9.47 Å². The topological polar surface area (TPSA) is 52.6 Å². The highest BCUT2D eigenvalue weighted by molar-refractivity contribution is 5.77.